The summed E-state index contributed by atoms with van der Waals surface area (Å²) in [6.07, 6.45) is 4.39. The van der Waals surface area contributed by atoms with Crippen LogP contribution in [-0.2, 0) is 4.74 Å². The molecule has 0 unspecified atom stereocenters. The summed E-state index contributed by atoms with van der Waals surface area (Å²) in [6.45, 7) is 2.12. The maximum atomic E-state index is 5.32. The van der Waals surface area contributed by atoms with Crippen molar-refractivity contribution in [1.29, 1.82) is 0 Å². The zero-order chi connectivity index (χ0) is 9.97. The van der Waals surface area contributed by atoms with Crippen LogP contribution in [0.15, 0.2) is 22.8 Å². The predicted molar refractivity (Wildman–Crippen MR) is 54.1 cm³/mol. The molecule has 1 aliphatic carbocycles. The third-order valence-corrected chi connectivity index (χ3v) is 2.88. The van der Waals surface area contributed by atoms with E-state index in [2.05, 4.69) is 12.2 Å². The van der Waals surface area contributed by atoms with Gasteiger partial charge < -0.3 is 14.5 Å². The normalized spacial score (nSPS) is 28.4. The number of hydrogen-bond acceptors (Lipinski definition) is 3. The zero-order valence-electron chi connectivity index (χ0n) is 8.69. The van der Waals surface area contributed by atoms with Gasteiger partial charge in [-0.15, -0.1) is 0 Å². The molecule has 1 aromatic rings. The van der Waals surface area contributed by atoms with E-state index in [1.807, 2.05) is 12.1 Å². The fourth-order valence-corrected chi connectivity index (χ4v) is 1.87. The van der Waals surface area contributed by atoms with Crippen LogP contribution in [0.5, 0.6) is 0 Å². The van der Waals surface area contributed by atoms with Crippen molar-refractivity contribution in [2.24, 2.45) is 0 Å². The van der Waals surface area contributed by atoms with E-state index in [1.165, 1.54) is 0 Å². The summed E-state index contributed by atoms with van der Waals surface area (Å²) in [5.41, 5.74) is 0. The Hall–Kier alpha value is -0.800. The van der Waals surface area contributed by atoms with Gasteiger partial charge in [-0.1, -0.05) is 0 Å². The van der Waals surface area contributed by atoms with Gasteiger partial charge in [-0.2, -0.15) is 0 Å². The van der Waals surface area contributed by atoms with Gasteiger partial charge in [-0.05, 0) is 31.9 Å². The molecule has 2 rings (SSSR count). The van der Waals surface area contributed by atoms with Crippen molar-refractivity contribution in [1.82, 2.24) is 5.32 Å². The van der Waals surface area contributed by atoms with Crippen molar-refractivity contribution in [2.45, 2.75) is 38.0 Å². The molecule has 0 saturated heterocycles. The number of rotatable bonds is 4. The first-order chi connectivity index (χ1) is 6.79. The number of hydrogen-bond donors (Lipinski definition) is 1. The summed E-state index contributed by atoms with van der Waals surface area (Å²) in [5.74, 6) is 1.01. The molecule has 3 nitrogen and oxygen atoms in total. The second-order valence-electron chi connectivity index (χ2n) is 3.93. The molecule has 1 aliphatic rings. The van der Waals surface area contributed by atoms with Crippen molar-refractivity contribution < 1.29 is 9.15 Å². The third-order valence-electron chi connectivity index (χ3n) is 2.88. The van der Waals surface area contributed by atoms with E-state index in [9.17, 15) is 0 Å². The van der Waals surface area contributed by atoms with E-state index >= 15 is 0 Å². The van der Waals surface area contributed by atoms with Gasteiger partial charge in [0, 0.05) is 13.2 Å². The molecule has 1 saturated carbocycles. The van der Waals surface area contributed by atoms with Crippen LogP contribution in [0.25, 0.3) is 0 Å². The van der Waals surface area contributed by atoms with Crippen LogP contribution < -0.4 is 5.32 Å². The van der Waals surface area contributed by atoms with Crippen LogP contribution in [0.1, 0.15) is 31.6 Å². The quantitative estimate of drug-likeness (QED) is 0.799. The van der Waals surface area contributed by atoms with Gasteiger partial charge in [0.25, 0.3) is 0 Å². The molecule has 1 atom stereocenters. The summed E-state index contributed by atoms with van der Waals surface area (Å²) in [6, 6.07) is 4.81. The van der Waals surface area contributed by atoms with Gasteiger partial charge in [-0.25, -0.2) is 0 Å². The maximum absolute atomic E-state index is 5.32. The average molecular weight is 195 g/mol. The fourth-order valence-electron chi connectivity index (χ4n) is 1.87. The second kappa shape index (κ2) is 4.15. The molecule has 1 fully saturated rings. The Kier molecular flexibility index (Phi) is 2.89. The van der Waals surface area contributed by atoms with Crippen molar-refractivity contribution in [3.8, 4) is 0 Å². The molecule has 0 aliphatic heterocycles. The summed E-state index contributed by atoms with van der Waals surface area (Å²) >= 11 is 0. The maximum Gasteiger partial charge on any atom is 0.120 e. The highest BCUT2D eigenvalue weighted by atomic mass is 16.5. The Morgan fingerprint density at radius 1 is 1.57 bits per heavy atom. The lowest BCUT2D eigenvalue weighted by molar-refractivity contribution is 0.0140. The van der Waals surface area contributed by atoms with Crippen molar-refractivity contribution >= 4 is 0 Å². The van der Waals surface area contributed by atoms with Gasteiger partial charge in [0.1, 0.15) is 5.76 Å². The molecule has 1 N–H and O–H groups in total. The molecule has 0 aromatic carbocycles. The molecule has 0 radical (unpaired) electrons. The summed E-state index contributed by atoms with van der Waals surface area (Å²) in [7, 11) is 1.77. The molecule has 3 heteroatoms. The monoisotopic (exact) mass is 195 g/mol. The minimum atomic E-state index is 0.299. The van der Waals surface area contributed by atoms with Crippen LogP contribution in [0.2, 0.25) is 0 Å². The van der Waals surface area contributed by atoms with Crippen LogP contribution >= 0.6 is 0 Å². The van der Waals surface area contributed by atoms with E-state index in [0.717, 1.165) is 18.6 Å². The van der Waals surface area contributed by atoms with E-state index in [0.29, 0.717) is 18.2 Å². The van der Waals surface area contributed by atoms with Crippen molar-refractivity contribution in [2.75, 3.05) is 7.11 Å². The van der Waals surface area contributed by atoms with Gasteiger partial charge >= 0.3 is 0 Å². The van der Waals surface area contributed by atoms with Gasteiger partial charge in [-0.3, -0.25) is 0 Å². The largest absolute Gasteiger partial charge is 0.468 e. The number of ether oxygens (including phenoxy) is 1. The molecule has 1 heterocycles. The summed E-state index contributed by atoms with van der Waals surface area (Å²) in [5, 5.41) is 3.51. The van der Waals surface area contributed by atoms with Gasteiger partial charge in [0.2, 0.25) is 0 Å². The summed E-state index contributed by atoms with van der Waals surface area (Å²) < 4.78 is 10.5. The highest BCUT2D eigenvalue weighted by Crippen LogP contribution is 2.25. The minimum Gasteiger partial charge on any atom is -0.468 e. The number of furan rings is 1. The van der Waals surface area contributed by atoms with E-state index in [1.54, 1.807) is 13.4 Å². The number of nitrogens with one attached hydrogen (secondary N) is 1. The first-order valence-corrected chi connectivity index (χ1v) is 5.12. The highest BCUT2D eigenvalue weighted by molar-refractivity contribution is 5.04. The topological polar surface area (TPSA) is 34.4 Å². The smallest absolute Gasteiger partial charge is 0.120 e. The van der Waals surface area contributed by atoms with Crippen LogP contribution in [0.3, 0.4) is 0 Å². The molecular weight excluding hydrogens is 178 g/mol. The molecule has 0 amide bonds. The van der Waals surface area contributed by atoms with Crippen LogP contribution in [0.4, 0.5) is 0 Å². The van der Waals surface area contributed by atoms with Crippen LogP contribution in [-0.4, -0.2) is 19.3 Å². The Bertz CT molecular complexity index is 265. The van der Waals surface area contributed by atoms with Crippen molar-refractivity contribution in [3.63, 3.8) is 0 Å². The SMILES string of the molecule is COC1CC(N[C@H](C)c2ccco2)C1. The third kappa shape index (κ3) is 1.99. The molecule has 0 spiro atoms. The number of methoxy groups -OCH3 is 1. The van der Waals surface area contributed by atoms with Crippen molar-refractivity contribution in [3.05, 3.63) is 24.2 Å². The van der Waals surface area contributed by atoms with E-state index in [4.69, 9.17) is 9.15 Å². The Morgan fingerprint density at radius 2 is 2.36 bits per heavy atom. The lowest BCUT2D eigenvalue weighted by atomic mass is 9.88. The lowest BCUT2D eigenvalue weighted by Gasteiger charge is -2.36. The Morgan fingerprint density at radius 3 is 2.93 bits per heavy atom. The minimum absolute atomic E-state index is 0.299. The lowest BCUT2D eigenvalue weighted by Crippen LogP contribution is -2.45. The fraction of sp³-hybridized carbons (Fsp3) is 0.636. The van der Waals surface area contributed by atoms with Gasteiger partial charge in [0.15, 0.2) is 0 Å². The molecule has 0 bridgehead atoms. The molecular formula is C11H17NO2. The Labute approximate surface area is 84.4 Å². The first kappa shape index (κ1) is 9.74. The summed E-state index contributed by atoms with van der Waals surface area (Å²) in [4.78, 5) is 0. The second-order valence-corrected chi connectivity index (χ2v) is 3.93. The molecule has 1 aromatic heterocycles. The Balaban J connectivity index is 1.77. The highest BCUT2D eigenvalue weighted by Gasteiger charge is 2.30. The van der Waals surface area contributed by atoms with Gasteiger partial charge in [0.05, 0.1) is 18.4 Å². The molecule has 78 valence electrons. The molecule has 14 heavy (non-hydrogen) atoms. The predicted octanol–water partition coefficient (Wildman–Crippen LogP) is 2.11. The average Bonchev–Trinajstić information content (AvgIpc) is 2.62. The van der Waals surface area contributed by atoms with E-state index < -0.39 is 0 Å². The zero-order valence-corrected chi connectivity index (χ0v) is 8.69. The first-order valence-electron chi connectivity index (χ1n) is 5.12. The van der Waals surface area contributed by atoms with Crippen LogP contribution in [0, 0.1) is 0 Å². The van der Waals surface area contributed by atoms with E-state index in [-0.39, 0.29) is 0 Å². The standard InChI is InChI=1S/C11H17NO2/c1-8(11-4-3-5-14-11)12-9-6-10(7-9)13-2/h3-5,8-10,12H,6-7H2,1-2H3/t8-,9?,10?/m1/s1.